The van der Waals surface area contributed by atoms with Gasteiger partial charge in [-0.1, -0.05) is 6.07 Å². The Kier molecular flexibility index (Phi) is 8.55. The Morgan fingerprint density at radius 1 is 1.18 bits per heavy atom. The van der Waals surface area contributed by atoms with E-state index in [4.69, 9.17) is 14.2 Å². The van der Waals surface area contributed by atoms with Crippen LogP contribution in [0.5, 0.6) is 0 Å². The number of rotatable bonds is 8. The molecule has 3 aromatic rings. The molecule has 0 spiro atoms. The fourth-order valence-electron chi connectivity index (χ4n) is 4.50. The highest BCUT2D eigenvalue weighted by molar-refractivity contribution is 5.79. The van der Waals surface area contributed by atoms with Crippen molar-refractivity contribution in [3.8, 4) is 6.07 Å². The van der Waals surface area contributed by atoms with Crippen LogP contribution in [0.25, 0.3) is 10.9 Å². The van der Waals surface area contributed by atoms with Gasteiger partial charge in [-0.2, -0.15) is 10.4 Å². The van der Waals surface area contributed by atoms with Crippen LogP contribution in [0.2, 0.25) is 0 Å². The van der Waals surface area contributed by atoms with Gasteiger partial charge in [0.15, 0.2) is 6.29 Å². The monoisotopic (exact) mass is 519 g/mol. The first-order valence-electron chi connectivity index (χ1n) is 12.9. The Labute approximate surface area is 224 Å². The zero-order chi connectivity index (χ0) is 27.3. The molecule has 1 amide bonds. The van der Waals surface area contributed by atoms with E-state index in [9.17, 15) is 10.1 Å². The van der Waals surface area contributed by atoms with Crippen LogP contribution < -0.4 is 4.90 Å². The summed E-state index contributed by atoms with van der Waals surface area (Å²) in [6.07, 6.45) is 1.90. The fourth-order valence-corrected chi connectivity index (χ4v) is 4.50. The summed E-state index contributed by atoms with van der Waals surface area (Å²) in [5, 5.41) is 14.7. The van der Waals surface area contributed by atoms with Gasteiger partial charge in [-0.3, -0.25) is 4.68 Å². The average molecular weight is 520 g/mol. The van der Waals surface area contributed by atoms with E-state index < -0.39 is 5.60 Å². The lowest BCUT2D eigenvalue weighted by molar-refractivity contribution is -0.203. The molecule has 2 aromatic carbocycles. The van der Waals surface area contributed by atoms with Gasteiger partial charge < -0.3 is 24.0 Å². The van der Waals surface area contributed by atoms with Crippen molar-refractivity contribution in [3.63, 3.8) is 0 Å². The summed E-state index contributed by atoms with van der Waals surface area (Å²) in [7, 11) is 3.67. The second-order valence-corrected chi connectivity index (χ2v) is 10.9. The highest BCUT2D eigenvalue weighted by Crippen LogP contribution is 2.23. The Morgan fingerprint density at radius 2 is 1.89 bits per heavy atom. The molecule has 38 heavy (non-hydrogen) atoms. The van der Waals surface area contributed by atoms with E-state index in [1.807, 2.05) is 63.0 Å². The molecule has 0 atom stereocenters. The Balaban J connectivity index is 1.35. The van der Waals surface area contributed by atoms with Crippen molar-refractivity contribution in [1.82, 2.24) is 14.7 Å². The first-order valence-corrected chi connectivity index (χ1v) is 12.9. The molecule has 0 radical (unpaired) electrons. The molecule has 0 N–H and O–H groups in total. The minimum atomic E-state index is -0.527. The van der Waals surface area contributed by atoms with Crippen LogP contribution in [-0.2, 0) is 27.8 Å². The molecule has 1 aliphatic rings. The molecule has 1 fully saturated rings. The molecule has 2 heterocycles. The van der Waals surface area contributed by atoms with Crippen molar-refractivity contribution in [2.24, 2.45) is 13.0 Å². The van der Waals surface area contributed by atoms with Crippen molar-refractivity contribution in [2.75, 3.05) is 38.3 Å². The number of anilines is 1. The summed E-state index contributed by atoms with van der Waals surface area (Å²) >= 11 is 0. The number of benzene rings is 2. The molecule has 0 unspecified atom stereocenters. The van der Waals surface area contributed by atoms with E-state index in [0.29, 0.717) is 44.8 Å². The van der Waals surface area contributed by atoms with E-state index in [1.54, 1.807) is 11.9 Å². The number of carbonyl (C=O) groups excluding carboxylic acids is 1. The predicted octanol–water partition coefficient (Wildman–Crippen LogP) is 4.70. The lowest BCUT2D eigenvalue weighted by atomic mass is 10.1. The van der Waals surface area contributed by atoms with Crippen molar-refractivity contribution < 1.29 is 19.0 Å². The maximum absolute atomic E-state index is 12.3. The molecule has 0 bridgehead atoms. The summed E-state index contributed by atoms with van der Waals surface area (Å²) in [6.45, 7) is 8.53. The lowest BCUT2D eigenvalue weighted by Crippen LogP contribution is -2.42. The highest BCUT2D eigenvalue weighted by atomic mass is 16.7. The number of aryl methyl sites for hydroxylation is 1. The van der Waals surface area contributed by atoms with Crippen LogP contribution in [0, 0.1) is 17.2 Å². The van der Waals surface area contributed by atoms with E-state index in [1.165, 1.54) is 5.56 Å². The van der Waals surface area contributed by atoms with Gasteiger partial charge in [-0.25, -0.2) is 4.79 Å². The second-order valence-electron chi connectivity index (χ2n) is 10.9. The Hall–Kier alpha value is -3.61. The van der Waals surface area contributed by atoms with Crippen molar-refractivity contribution in [2.45, 2.75) is 45.6 Å². The Morgan fingerprint density at radius 3 is 2.55 bits per heavy atom. The number of amides is 1. The summed E-state index contributed by atoms with van der Waals surface area (Å²) in [6, 6.07) is 16.2. The minimum Gasteiger partial charge on any atom is -0.444 e. The standard InChI is InChI=1S/C29H37N5O4/c1-29(2,3)38-28(35)32(4)17-23-19-36-27(37-20-23)12-13-34(25-9-6-21(15-30)7-10-25)18-22-8-11-26-24(14-22)16-31-33(26)5/h6-11,14,16,23,27H,12-13,17-20H2,1-5H3. The Bertz CT molecular complexity index is 1270. The topological polar surface area (TPSA) is 92.9 Å². The van der Waals surface area contributed by atoms with Crippen molar-refractivity contribution >= 4 is 22.7 Å². The van der Waals surface area contributed by atoms with Gasteiger partial charge in [0.2, 0.25) is 0 Å². The molecule has 1 aromatic heterocycles. The van der Waals surface area contributed by atoms with Gasteiger partial charge in [-0.15, -0.1) is 0 Å². The van der Waals surface area contributed by atoms with Crippen molar-refractivity contribution in [3.05, 3.63) is 59.8 Å². The summed E-state index contributed by atoms with van der Waals surface area (Å²) in [4.78, 5) is 16.1. The van der Waals surface area contributed by atoms with E-state index in [2.05, 4.69) is 34.3 Å². The summed E-state index contributed by atoms with van der Waals surface area (Å²) < 4.78 is 19.4. The number of nitriles is 1. The molecule has 9 heteroatoms. The van der Waals surface area contributed by atoms with Gasteiger partial charge in [0.25, 0.3) is 0 Å². The lowest BCUT2D eigenvalue weighted by Gasteiger charge is -2.34. The SMILES string of the molecule is CN(CC1COC(CCN(Cc2ccc3c(cnn3C)c2)c2ccc(C#N)cc2)OC1)C(=O)OC(C)(C)C. The second kappa shape index (κ2) is 11.8. The number of nitrogens with zero attached hydrogens (tertiary/aromatic N) is 5. The van der Waals surface area contributed by atoms with Gasteiger partial charge in [0.05, 0.1) is 36.6 Å². The first-order chi connectivity index (χ1) is 18.1. The molecular formula is C29H37N5O4. The third-order valence-electron chi connectivity index (χ3n) is 6.45. The van der Waals surface area contributed by atoms with Crippen LogP contribution in [-0.4, -0.2) is 66.0 Å². The number of aromatic nitrogens is 2. The number of fused-ring (bicyclic) bond motifs is 1. The van der Waals surface area contributed by atoms with Crippen molar-refractivity contribution in [1.29, 1.82) is 5.26 Å². The number of carbonyl (C=O) groups is 1. The first kappa shape index (κ1) is 27.4. The molecule has 9 nitrogen and oxygen atoms in total. The van der Waals surface area contributed by atoms with Gasteiger partial charge in [-0.05, 0) is 62.7 Å². The van der Waals surface area contributed by atoms with Gasteiger partial charge in [0.1, 0.15) is 5.60 Å². The number of hydrogen-bond donors (Lipinski definition) is 0. The maximum atomic E-state index is 12.3. The molecule has 1 aliphatic heterocycles. The highest BCUT2D eigenvalue weighted by Gasteiger charge is 2.27. The molecule has 4 rings (SSSR count). The number of ether oxygens (including phenoxy) is 3. The number of hydrogen-bond acceptors (Lipinski definition) is 7. The predicted molar refractivity (Wildman–Crippen MR) is 146 cm³/mol. The van der Waals surface area contributed by atoms with Crippen LogP contribution in [0.1, 0.15) is 38.3 Å². The van der Waals surface area contributed by atoms with E-state index in [-0.39, 0.29) is 18.3 Å². The molecule has 0 saturated carbocycles. The van der Waals surface area contributed by atoms with Crippen LogP contribution >= 0.6 is 0 Å². The van der Waals surface area contributed by atoms with Gasteiger partial charge in [0, 0.05) is 57.1 Å². The summed E-state index contributed by atoms with van der Waals surface area (Å²) in [5.41, 5.74) is 3.40. The van der Waals surface area contributed by atoms with Gasteiger partial charge >= 0.3 is 6.09 Å². The normalized spacial score (nSPS) is 17.7. The van der Waals surface area contributed by atoms with E-state index >= 15 is 0 Å². The zero-order valence-corrected chi connectivity index (χ0v) is 22.9. The average Bonchev–Trinajstić information content (AvgIpc) is 3.26. The van der Waals surface area contributed by atoms with Crippen LogP contribution in [0.4, 0.5) is 10.5 Å². The van der Waals surface area contributed by atoms with Crippen LogP contribution in [0.15, 0.2) is 48.7 Å². The third kappa shape index (κ3) is 7.24. The maximum Gasteiger partial charge on any atom is 0.410 e. The zero-order valence-electron chi connectivity index (χ0n) is 22.9. The summed E-state index contributed by atoms with van der Waals surface area (Å²) in [5.74, 6) is 0.0876. The fraction of sp³-hybridized carbons (Fsp3) is 0.483. The third-order valence-corrected chi connectivity index (χ3v) is 6.45. The molecule has 202 valence electrons. The molecule has 0 aliphatic carbocycles. The van der Waals surface area contributed by atoms with E-state index in [0.717, 1.165) is 16.6 Å². The molecule has 1 saturated heterocycles. The van der Waals surface area contributed by atoms with Crippen LogP contribution in [0.3, 0.4) is 0 Å². The quantitative estimate of drug-likeness (QED) is 0.426. The largest absolute Gasteiger partial charge is 0.444 e. The smallest absolute Gasteiger partial charge is 0.410 e. The molecular weight excluding hydrogens is 482 g/mol. The minimum absolute atomic E-state index is 0.0876.